The van der Waals surface area contributed by atoms with Gasteiger partial charge in [-0.2, -0.15) is 0 Å². The lowest BCUT2D eigenvalue weighted by Gasteiger charge is -2.27. The van der Waals surface area contributed by atoms with Crippen molar-refractivity contribution in [1.82, 2.24) is 14.5 Å². The van der Waals surface area contributed by atoms with E-state index >= 15 is 0 Å². The number of hydrogen-bond acceptors (Lipinski definition) is 4. The van der Waals surface area contributed by atoms with Crippen molar-refractivity contribution in [3.05, 3.63) is 71.8 Å². The van der Waals surface area contributed by atoms with Crippen LogP contribution in [-0.4, -0.2) is 40.3 Å². The first-order chi connectivity index (χ1) is 14.6. The average Bonchev–Trinajstić information content (AvgIpc) is 3.28. The molecule has 1 N–H and O–H groups in total. The first-order valence-corrected chi connectivity index (χ1v) is 10.4. The number of halogens is 1. The second-order valence-electron chi connectivity index (χ2n) is 6.70. The molecule has 0 unspecified atom stereocenters. The SMILES string of the molecule is COc1ccc(CN(CCCn2ccnc2)C(=S)Nc2ccc(Cl)cc2OC)cc1. The molecule has 3 aromatic rings. The summed E-state index contributed by atoms with van der Waals surface area (Å²) in [5.41, 5.74) is 1.92. The van der Waals surface area contributed by atoms with Crippen molar-refractivity contribution in [3.8, 4) is 11.5 Å². The van der Waals surface area contributed by atoms with Gasteiger partial charge in [0.25, 0.3) is 0 Å². The van der Waals surface area contributed by atoms with E-state index in [1.165, 1.54) is 0 Å². The molecule has 0 saturated heterocycles. The summed E-state index contributed by atoms with van der Waals surface area (Å²) >= 11 is 11.8. The molecule has 0 aliphatic heterocycles. The number of thiocarbonyl (C=S) groups is 1. The van der Waals surface area contributed by atoms with E-state index in [1.54, 1.807) is 26.5 Å². The third kappa shape index (κ3) is 6.11. The number of hydrogen-bond donors (Lipinski definition) is 1. The number of aryl methyl sites for hydroxylation is 1. The Bertz CT molecular complexity index is 948. The molecule has 0 bridgehead atoms. The Kier molecular flexibility index (Phi) is 7.93. The summed E-state index contributed by atoms with van der Waals surface area (Å²) < 4.78 is 12.7. The second-order valence-corrected chi connectivity index (χ2v) is 7.52. The van der Waals surface area contributed by atoms with Gasteiger partial charge in [0, 0.05) is 43.1 Å². The molecule has 6 nitrogen and oxygen atoms in total. The fraction of sp³-hybridized carbons (Fsp3) is 0.273. The van der Waals surface area contributed by atoms with E-state index in [1.807, 2.05) is 48.9 Å². The Labute approximate surface area is 187 Å². The summed E-state index contributed by atoms with van der Waals surface area (Å²) in [4.78, 5) is 6.24. The molecule has 0 radical (unpaired) electrons. The van der Waals surface area contributed by atoms with Gasteiger partial charge in [-0.15, -0.1) is 0 Å². The Morgan fingerprint density at radius 3 is 2.63 bits per heavy atom. The number of imidazole rings is 1. The summed E-state index contributed by atoms with van der Waals surface area (Å²) in [5, 5.41) is 4.54. The highest BCUT2D eigenvalue weighted by molar-refractivity contribution is 7.80. The highest BCUT2D eigenvalue weighted by atomic mass is 35.5. The second kappa shape index (κ2) is 10.8. The van der Waals surface area contributed by atoms with Crippen molar-refractivity contribution >= 4 is 34.6 Å². The molecule has 2 aromatic carbocycles. The number of nitrogens with one attached hydrogen (secondary N) is 1. The van der Waals surface area contributed by atoms with Gasteiger partial charge in [-0.25, -0.2) is 4.98 Å². The predicted molar refractivity (Wildman–Crippen MR) is 124 cm³/mol. The summed E-state index contributed by atoms with van der Waals surface area (Å²) in [6, 6.07) is 13.4. The zero-order valence-electron chi connectivity index (χ0n) is 17.0. The van der Waals surface area contributed by atoms with Crippen LogP contribution in [-0.2, 0) is 13.1 Å². The fourth-order valence-corrected chi connectivity index (χ4v) is 3.46. The first kappa shape index (κ1) is 21.9. The molecule has 3 rings (SSSR count). The van der Waals surface area contributed by atoms with E-state index in [-0.39, 0.29) is 0 Å². The van der Waals surface area contributed by atoms with Crippen LogP contribution in [0, 0.1) is 0 Å². The molecule has 0 aliphatic carbocycles. The lowest BCUT2D eigenvalue weighted by Crippen LogP contribution is -2.35. The zero-order valence-corrected chi connectivity index (χ0v) is 18.6. The largest absolute Gasteiger partial charge is 0.497 e. The fourth-order valence-electron chi connectivity index (χ4n) is 3.03. The Morgan fingerprint density at radius 1 is 1.17 bits per heavy atom. The molecule has 0 aliphatic rings. The molecule has 1 heterocycles. The van der Waals surface area contributed by atoms with Crippen LogP contribution >= 0.6 is 23.8 Å². The van der Waals surface area contributed by atoms with Crippen molar-refractivity contribution in [3.63, 3.8) is 0 Å². The Balaban J connectivity index is 1.71. The van der Waals surface area contributed by atoms with E-state index < -0.39 is 0 Å². The number of nitrogens with zero attached hydrogens (tertiary/aromatic N) is 3. The normalized spacial score (nSPS) is 10.5. The van der Waals surface area contributed by atoms with Crippen LogP contribution in [0.25, 0.3) is 0 Å². The predicted octanol–water partition coefficient (Wildman–Crippen LogP) is 4.84. The molecule has 8 heteroatoms. The summed E-state index contributed by atoms with van der Waals surface area (Å²) in [6.07, 6.45) is 6.49. The minimum Gasteiger partial charge on any atom is -0.497 e. The monoisotopic (exact) mass is 444 g/mol. The summed E-state index contributed by atoms with van der Waals surface area (Å²) in [6.45, 7) is 2.33. The lowest BCUT2D eigenvalue weighted by molar-refractivity contribution is 0.393. The van der Waals surface area contributed by atoms with Gasteiger partial charge in [-0.3, -0.25) is 0 Å². The lowest BCUT2D eigenvalue weighted by atomic mass is 10.2. The van der Waals surface area contributed by atoms with Crippen molar-refractivity contribution < 1.29 is 9.47 Å². The van der Waals surface area contributed by atoms with Crippen LogP contribution in [0.3, 0.4) is 0 Å². The number of aromatic nitrogens is 2. The summed E-state index contributed by atoms with van der Waals surface area (Å²) in [5.74, 6) is 1.48. The van der Waals surface area contributed by atoms with Crippen LogP contribution in [0.4, 0.5) is 5.69 Å². The number of benzene rings is 2. The number of methoxy groups -OCH3 is 2. The maximum absolute atomic E-state index is 6.08. The highest BCUT2D eigenvalue weighted by Crippen LogP contribution is 2.28. The van der Waals surface area contributed by atoms with Gasteiger partial charge in [0.15, 0.2) is 5.11 Å². The van der Waals surface area contributed by atoms with Gasteiger partial charge < -0.3 is 24.3 Å². The van der Waals surface area contributed by atoms with Gasteiger partial charge in [-0.1, -0.05) is 23.7 Å². The zero-order chi connectivity index (χ0) is 21.3. The molecular formula is C22H25ClN4O2S. The molecule has 0 saturated carbocycles. The third-order valence-corrected chi connectivity index (χ3v) is 5.22. The van der Waals surface area contributed by atoms with E-state index in [9.17, 15) is 0 Å². The van der Waals surface area contributed by atoms with Crippen molar-refractivity contribution in [2.24, 2.45) is 0 Å². The van der Waals surface area contributed by atoms with Gasteiger partial charge in [0.05, 0.1) is 26.2 Å². The molecular weight excluding hydrogens is 420 g/mol. The van der Waals surface area contributed by atoms with Crippen LogP contribution in [0.1, 0.15) is 12.0 Å². The maximum atomic E-state index is 6.08. The van der Waals surface area contributed by atoms with Gasteiger partial charge >= 0.3 is 0 Å². The molecule has 1 aromatic heterocycles. The molecule has 0 atom stereocenters. The average molecular weight is 445 g/mol. The Hall–Kier alpha value is -2.77. The van der Waals surface area contributed by atoms with E-state index in [0.29, 0.717) is 22.4 Å². The number of rotatable bonds is 9. The first-order valence-electron chi connectivity index (χ1n) is 9.57. The standard InChI is InChI=1S/C22H25ClN4O2S/c1-28-19-7-4-17(5-8-19)15-27(12-3-11-26-13-10-24-16-26)22(30)25-20-9-6-18(23)14-21(20)29-2/h4-10,13-14,16H,3,11-12,15H2,1-2H3,(H,25,30). The van der Waals surface area contributed by atoms with Crippen LogP contribution in [0.5, 0.6) is 11.5 Å². The van der Waals surface area contributed by atoms with Crippen LogP contribution < -0.4 is 14.8 Å². The molecule has 0 amide bonds. The Morgan fingerprint density at radius 2 is 1.97 bits per heavy atom. The smallest absolute Gasteiger partial charge is 0.173 e. The molecule has 0 spiro atoms. The van der Waals surface area contributed by atoms with E-state index in [4.69, 9.17) is 33.3 Å². The van der Waals surface area contributed by atoms with Gasteiger partial charge in [-0.05, 0) is 48.5 Å². The van der Waals surface area contributed by atoms with Crippen molar-refractivity contribution in [2.45, 2.75) is 19.5 Å². The number of ether oxygens (including phenoxy) is 2. The quantitative estimate of drug-likeness (QED) is 0.476. The van der Waals surface area contributed by atoms with Crippen molar-refractivity contribution in [1.29, 1.82) is 0 Å². The van der Waals surface area contributed by atoms with Crippen LogP contribution in [0.15, 0.2) is 61.2 Å². The highest BCUT2D eigenvalue weighted by Gasteiger charge is 2.13. The minimum absolute atomic E-state index is 0.610. The van der Waals surface area contributed by atoms with E-state index in [0.717, 1.165) is 36.5 Å². The number of anilines is 1. The van der Waals surface area contributed by atoms with Gasteiger partial charge in [0.1, 0.15) is 11.5 Å². The minimum atomic E-state index is 0.610. The molecule has 0 fully saturated rings. The van der Waals surface area contributed by atoms with E-state index in [2.05, 4.69) is 19.8 Å². The summed E-state index contributed by atoms with van der Waals surface area (Å²) in [7, 11) is 3.27. The van der Waals surface area contributed by atoms with Crippen LogP contribution in [0.2, 0.25) is 5.02 Å². The topological polar surface area (TPSA) is 51.5 Å². The van der Waals surface area contributed by atoms with Crippen molar-refractivity contribution in [2.75, 3.05) is 26.1 Å². The molecule has 30 heavy (non-hydrogen) atoms. The van der Waals surface area contributed by atoms with Gasteiger partial charge in [0.2, 0.25) is 0 Å². The molecule has 158 valence electrons. The maximum Gasteiger partial charge on any atom is 0.173 e. The third-order valence-electron chi connectivity index (χ3n) is 4.63.